The molecule has 0 aromatic heterocycles. The molecule has 1 heterocycles. The highest BCUT2D eigenvalue weighted by Gasteiger charge is 2.18. The first-order chi connectivity index (χ1) is 5.13. The molecule has 0 atom stereocenters. The van der Waals surface area contributed by atoms with E-state index in [4.69, 9.17) is 0 Å². The molecule has 0 aliphatic carbocycles. The summed E-state index contributed by atoms with van der Waals surface area (Å²) < 4.78 is 0. The number of allylic oxidation sites excluding steroid dienone is 2. The fourth-order valence-electron chi connectivity index (χ4n) is 1.69. The normalized spacial score (nSPS) is 19.7. The van der Waals surface area contributed by atoms with E-state index in [1.54, 1.807) is 0 Å². The van der Waals surface area contributed by atoms with Gasteiger partial charge in [0.25, 0.3) is 0 Å². The van der Waals surface area contributed by atoms with Crippen LogP contribution in [0.1, 0.15) is 33.1 Å². The molecule has 0 spiro atoms. The molecule has 1 rings (SSSR count). The van der Waals surface area contributed by atoms with Gasteiger partial charge in [0.1, 0.15) is 0 Å². The van der Waals surface area contributed by atoms with Crippen LogP contribution in [-0.2, 0) is 0 Å². The fraction of sp³-hybridized carbons (Fsp3) is 0.600. The molecule has 1 heteroatoms. The molecule has 1 aliphatic heterocycles. The van der Waals surface area contributed by atoms with E-state index >= 15 is 0 Å². The molecule has 1 nitrogen and oxygen atoms in total. The predicted molar refractivity (Wildman–Crippen MR) is 49.1 cm³/mol. The lowest BCUT2D eigenvalue weighted by molar-refractivity contribution is 0.304. The van der Waals surface area contributed by atoms with Gasteiger partial charge in [0.05, 0.1) is 0 Å². The Morgan fingerprint density at radius 3 is 1.91 bits per heavy atom. The molecular weight excluding hydrogens is 134 g/mol. The van der Waals surface area contributed by atoms with Crippen LogP contribution in [0.5, 0.6) is 0 Å². The smallest absolute Gasteiger partial charge is 0.0278 e. The van der Waals surface area contributed by atoms with E-state index in [-0.39, 0.29) is 0 Å². The third-order valence-corrected chi connectivity index (χ3v) is 2.13. The maximum absolute atomic E-state index is 4.03. The van der Waals surface area contributed by atoms with E-state index < -0.39 is 0 Å². The molecule has 0 aromatic carbocycles. The van der Waals surface area contributed by atoms with Gasteiger partial charge in [-0.1, -0.05) is 13.2 Å². The van der Waals surface area contributed by atoms with Crippen LogP contribution >= 0.6 is 0 Å². The minimum atomic E-state index is 0.523. The van der Waals surface area contributed by atoms with Crippen LogP contribution in [0.3, 0.4) is 0 Å². The summed E-state index contributed by atoms with van der Waals surface area (Å²) in [6.45, 7) is 12.4. The van der Waals surface area contributed by atoms with Crippen LogP contribution in [0.25, 0.3) is 0 Å². The second kappa shape index (κ2) is 3.12. The largest absolute Gasteiger partial charge is 0.347 e. The van der Waals surface area contributed by atoms with Gasteiger partial charge in [-0.05, 0) is 33.1 Å². The Hall–Kier alpha value is -0.720. The highest BCUT2D eigenvalue weighted by molar-refractivity contribution is 5.12. The zero-order valence-corrected chi connectivity index (χ0v) is 7.56. The van der Waals surface area contributed by atoms with Gasteiger partial charge in [0.2, 0.25) is 0 Å². The van der Waals surface area contributed by atoms with E-state index in [0.717, 1.165) is 12.8 Å². The van der Waals surface area contributed by atoms with Crippen molar-refractivity contribution in [1.82, 2.24) is 4.90 Å². The van der Waals surface area contributed by atoms with Gasteiger partial charge in [-0.3, -0.25) is 0 Å². The van der Waals surface area contributed by atoms with Gasteiger partial charge >= 0.3 is 0 Å². The quantitative estimate of drug-likeness (QED) is 0.557. The molecule has 0 aromatic rings. The maximum atomic E-state index is 4.03. The summed E-state index contributed by atoms with van der Waals surface area (Å²) in [6, 6.07) is 0.523. The van der Waals surface area contributed by atoms with Crippen molar-refractivity contribution in [2.75, 3.05) is 0 Å². The summed E-state index contributed by atoms with van der Waals surface area (Å²) in [5, 5.41) is 0. The van der Waals surface area contributed by atoms with Crippen molar-refractivity contribution < 1.29 is 0 Å². The average molecular weight is 151 g/mol. The number of hydrogen-bond donors (Lipinski definition) is 0. The molecular formula is C10H17N. The summed E-state index contributed by atoms with van der Waals surface area (Å²) in [5.41, 5.74) is 2.47. The third kappa shape index (κ3) is 1.65. The zero-order chi connectivity index (χ0) is 8.43. The van der Waals surface area contributed by atoms with E-state index in [1.807, 2.05) is 0 Å². The van der Waals surface area contributed by atoms with Crippen LogP contribution in [0.4, 0.5) is 0 Å². The first-order valence-electron chi connectivity index (χ1n) is 4.27. The van der Waals surface area contributed by atoms with Crippen molar-refractivity contribution >= 4 is 0 Å². The van der Waals surface area contributed by atoms with Crippen LogP contribution in [-0.4, -0.2) is 10.9 Å². The lowest BCUT2D eigenvalue weighted by atomic mass is 10.0. The average Bonchev–Trinajstić information content (AvgIpc) is 1.85. The summed E-state index contributed by atoms with van der Waals surface area (Å²) in [7, 11) is 0. The van der Waals surface area contributed by atoms with Crippen LogP contribution in [0.2, 0.25) is 0 Å². The minimum Gasteiger partial charge on any atom is -0.347 e. The molecule has 0 amide bonds. The van der Waals surface area contributed by atoms with E-state index in [1.165, 1.54) is 17.8 Å². The van der Waals surface area contributed by atoms with Gasteiger partial charge in [-0.15, -0.1) is 0 Å². The summed E-state index contributed by atoms with van der Waals surface area (Å²) in [5.74, 6) is 0. The van der Waals surface area contributed by atoms with Crippen LogP contribution in [0, 0.1) is 0 Å². The molecule has 1 saturated heterocycles. The number of piperidine rings is 1. The Balaban J connectivity index is 2.71. The fourth-order valence-corrected chi connectivity index (χ4v) is 1.69. The molecule has 1 fully saturated rings. The maximum Gasteiger partial charge on any atom is 0.0278 e. The summed E-state index contributed by atoms with van der Waals surface area (Å²) in [4.78, 5) is 2.25. The third-order valence-electron chi connectivity index (χ3n) is 2.13. The second-order valence-corrected chi connectivity index (χ2v) is 3.45. The SMILES string of the molecule is C=C1CCCC(=C)N1C(C)C. The Morgan fingerprint density at radius 1 is 1.18 bits per heavy atom. The second-order valence-electron chi connectivity index (χ2n) is 3.45. The number of hydrogen-bond acceptors (Lipinski definition) is 1. The first-order valence-corrected chi connectivity index (χ1v) is 4.27. The molecule has 0 radical (unpaired) electrons. The molecule has 62 valence electrons. The van der Waals surface area contributed by atoms with Gasteiger partial charge < -0.3 is 4.90 Å². The van der Waals surface area contributed by atoms with Gasteiger partial charge in [-0.2, -0.15) is 0 Å². The Bertz CT molecular complexity index is 163. The summed E-state index contributed by atoms with van der Waals surface area (Å²) >= 11 is 0. The Kier molecular flexibility index (Phi) is 2.38. The number of nitrogens with zero attached hydrogens (tertiary/aromatic N) is 1. The topological polar surface area (TPSA) is 3.24 Å². The van der Waals surface area contributed by atoms with Gasteiger partial charge in [0, 0.05) is 17.4 Å². The number of rotatable bonds is 1. The van der Waals surface area contributed by atoms with Crippen molar-refractivity contribution in [3.63, 3.8) is 0 Å². The lowest BCUT2D eigenvalue weighted by Crippen LogP contribution is -2.31. The molecule has 0 N–H and O–H groups in total. The van der Waals surface area contributed by atoms with Crippen LogP contribution in [0.15, 0.2) is 24.6 Å². The van der Waals surface area contributed by atoms with Crippen molar-refractivity contribution in [2.24, 2.45) is 0 Å². The minimum absolute atomic E-state index is 0.523. The van der Waals surface area contributed by atoms with E-state index in [2.05, 4.69) is 31.9 Å². The highest BCUT2D eigenvalue weighted by Crippen LogP contribution is 2.28. The monoisotopic (exact) mass is 151 g/mol. The van der Waals surface area contributed by atoms with E-state index in [9.17, 15) is 0 Å². The molecule has 0 bridgehead atoms. The molecule has 11 heavy (non-hydrogen) atoms. The van der Waals surface area contributed by atoms with Crippen molar-refractivity contribution in [1.29, 1.82) is 0 Å². The standard InChI is InChI=1S/C10H17N/c1-8(2)11-9(3)6-5-7-10(11)4/h8H,3-7H2,1-2H3. The predicted octanol–water partition coefficient (Wildman–Crippen LogP) is 2.91. The van der Waals surface area contributed by atoms with Crippen molar-refractivity contribution in [3.05, 3.63) is 24.6 Å². The summed E-state index contributed by atoms with van der Waals surface area (Å²) in [6.07, 6.45) is 3.50. The van der Waals surface area contributed by atoms with Crippen LogP contribution < -0.4 is 0 Å². The van der Waals surface area contributed by atoms with Crippen molar-refractivity contribution in [3.8, 4) is 0 Å². The Morgan fingerprint density at radius 2 is 1.64 bits per heavy atom. The van der Waals surface area contributed by atoms with E-state index in [0.29, 0.717) is 6.04 Å². The van der Waals surface area contributed by atoms with Crippen molar-refractivity contribution in [2.45, 2.75) is 39.2 Å². The molecule has 0 saturated carbocycles. The molecule has 0 unspecified atom stereocenters. The first kappa shape index (κ1) is 8.38. The number of likely N-dealkylation sites (tertiary alicyclic amines) is 1. The molecule has 1 aliphatic rings. The Labute approximate surface area is 69.4 Å². The lowest BCUT2D eigenvalue weighted by Gasteiger charge is -2.36. The zero-order valence-electron chi connectivity index (χ0n) is 7.56. The highest BCUT2D eigenvalue weighted by atomic mass is 15.2. The van der Waals surface area contributed by atoms with Gasteiger partial charge in [-0.25, -0.2) is 0 Å². The van der Waals surface area contributed by atoms with Gasteiger partial charge in [0.15, 0.2) is 0 Å².